The van der Waals surface area contributed by atoms with Crippen molar-refractivity contribution in [3.63, 3.8) is 0 Å². The van der Waals surface area contributed by atoms with Gasteiger partial charge < -0.3 is 10.1 Å². The molecule has 0 amide bonds. The van der Waals surface area contributed by atoms with Gasteiger partial charge in [-0.05, 0) is 42.3 Å². The Bertz CT molecular complexity index is 519. The Morgan fingerprint density at radius 1 is 1.05 bits per heavy atom. The molecule has 0 fully saturated rings. The first kappa shape index (κ1) is 13.6. The van der Waals surface area contributed by atoms with Crippen LogP contribution in [-0.2, 0) is 0 Å². The van der Waals surface area contributed by atoms with E-state index in [1.807, 2.05) is 12.1 Å². The molecule has 0 aliphatic heterocycles. The normalized spacial score (nSPS) is 12.2. The quantitative estimate of drug-likeness (QED) is 0.871. The van der Waals surface area contributed by atoms with Crippen LogP contribution >= 0.6 is 0 Å². The third-order valence-corrected chi connectivity index (χ3v) is 3.32. The minimum absolute atomic E-state index is 0.393. The van der Waals surface area contributed by atoms with Crippen molar-refractivity contribution >= 4 is 0 Å². The molecule has 0 saturated heterocycles. The number of hydrogen-bond donors (Lipinski definition) is 1. The maximum atomic E-state index is 5.26. The van der Waals surface area contributed by atoms with Gasteiger partial charge in [-0.2, -0.15) is 0 Å². The van der Waals surface area contributed by atoms with Crippen molar-refractivity contribution in [3.8, 4) is 16.9 Å². The zero-order valence-corrected chi connectivity index (χ0v) is 11.8. The summed E-state index contributed by atoms with van der Waals surface area (Å²) in [4.78, 5) is 0. The molecule has 0 bridgehead atoms. The fraction of sp³-hybridized carbons (Fsp3) is 0.294. The molecule has 19 heavy (non-hydrogen) atoms. The number of hydrogen-bond acceptors (Lipinski definition) is 2. The molecule has 0 saturated carbocycles. The zero-order valence-electron chi connectivity index (χ0n) is 11.8. The maximum absolute atomic E-state index is 5.26. The van der Waals surface area contributed by atoms with Crippen LogP contribution in [0.2, 0.25) is 0 Å². The molecular formula is C17H21NO. The zero-order chi connectivity index (χ0) is 13.7. The summed E-state index contributed by atoms with van der Waals surface area (Å²) in [5, 5.41) is 3.42. The van der Waals surface area contributed by atoms with Crippen molar-refractivity contribution < 1.29 is 4.74 Å². The second kappa shape index (κ2) is 6.39. The van der Waals surface area contributed by atoms with Gasteiger partial charge in [0.15, 0.2) is 0 Å². The van der Waals surface area contributed by atoms with E-state index in [4.69, 9.17) is 4.74 Å². The lowest BCUT2D eigenvalue weighted by Crippen LogP contribution is -2.17. The fourth-order valence-corrected chi connectivity index (χ4v) is 2.19. The largest absolute Gasteiger partial charge is 0.497 e. The lowest BCUT2D eigenvalue weighted by Gasteiger charge is -2.13. The molecule has 0 aliphatic rings. The molecule has 0 heterocycles. The van der Waals surface area contributed by atoms with Gasteiger partial charge in [-0.15, -0.1) is 0 Å². The maximum Gasteiger partial charge on any atom is 0.119 e. The Hall–Kier alpha value is -1.80. The van der Waals surface area contributed by atoms with Crippen LogP contribution in [0.4, 0.5) is 0 Å². The average molecular weight is 255 g/mol. The molecule has 0 radical (unpaired) electrons. The van der Waals surface area contributed by atoms with E-state index in [1.165, 1.54) is 16.7 Å². The van der Waals surface area contributed by atoms with E-state index in [-0.39, 0.29) is 0 Å². The molecule has 100 valence electrons. The smallest absolute Gasteiger partial charge is 0.119 e. The topological polar surface area (TPSA) is 21.3 Å². The van der Waals surface area contributed by atoms with Crippen molar-refractivity contribution in [2.24, 2.45) is 0 Å². The Morgan fingerprint density at radius 3 is 2.42 bits per heavy atom. The van der Waals surface area contributed by atoms with E-state index < -0.39 is 0 Å². The standard InChI is InChI=1S/C17H21NO/c1-4-18-13(2)14-8-10-15(11-9-14)16-6-5-7-17(12-16)19-3/h5-13,18H,4H2,1-3H3/t13-/m0/s1. The Labute approximate surface area is 115 Å². The molecule has 2 heteroatoms. The van der Waals surface area contributed by atoms with Crippen molar-refractivity contribution in [2.45, 2.75) is 19.9 Å². The summed E-state index contributed by atoms with van der Waals surface area (Å²) < 4.78 is 5.26. The highest BCUT2D eigenvalue weighted by molar-refractivity contribution is 5.65. The summed E-state index contributed by atoms with van der Waals surface area (Å²) in [6.45, 7) is 5.30. The number of ether oxygens (including phenoxy) is 1. The highest BCUT2D eigenvalue weighted by Crippen LogP contribution is 2.25. The van der Waals surface area contributed by atoms with Gasteiger partial charge in [0, 0.05) is 6.04 Å². The van der Waals surface area contributed by atoms with Crippen molar-refractivity contribution in [1.82, 2.24) is 5.32 Å². The van der Waals surface area contributed by atoms with E-state index in [1.54, 1.807) is 7.11 Å². The van der Waals surface area contributed by atoms with Gasteiger partial charge in [0.2, 0.25) is 0 Å². The van der Waals surface area contributed by atoms with Gasteiger partial charge in [-0.1, -0.05) is 43.3 Å². The first-order chi connectivity index (χ1) is 9.24. The van der Waals surface area contributed by atoms with Gasteiger partial charge in [0.05, 0.1) is 7.11 Å². The second-order valence-electron chi connectivity index (χ2n) is 4.63. The molecule has 0 spiro atoms. The first-order valence-corrected chi connectivity index (χ1v) is 6.72. The monoisotopic (exact) mass is 255 g/mol. The van der Waals surface area contributed by atoms with Gasteiger partial charge in [-0.25, -0.2) is 0 Å². The number of nitrogens with one attached hydrogen (secondary N) is 1. The summed E-state index contributed by atoms with van der Waals surface area (Å²) in [7, 11) is 1.69. The highest BCUT2D eigenvalue weighted by Gasteiger charge is 2.04. The minimum atomic E-state index is 0.393. The van der Waals surface area contributed by atoms with Gasteiger partial charge in [0.1, 0.15) is 5.75 Å². The summed E-state index contributed by atoms with van der Waals surface area (Å²) in [6.07, 6.45) is 0. The molecule has 1 atom stereocenters. The van der Waals surface area contributed by atoms with E-state index in [2.05, 4.69) is 55.6 Å². The predicted molar refractivity (Wildman–Crippen MR) is 80.5 cm³/mol. The van der Waals surface area contributed by atoms with Crippen LogP contribution < -0.4 is 10.1 Å². The molecule has 0 aromatic heterocycles. The Kier molecular flexibility index (Phi) is 4.58. The summed E-state index contributed by atoms with van der Waals surface area (Å²) in [6, 6.07) is 17.2. The lowest BCUT2D eigenvalue weighted by atomic mass is 10.0. The summed E-state index contributed by atoms with van der Waals surface area (Å²) in [5.74, 6) is 0.891. The van der Waals surface area contributed by atoms with E-state index in [9.17, 15) is 0 Å². The van der Waals surface area contributed by atoms with Gasteiger partial charge >= 0.3 is 0 Å². The lowest BCUT2D eigenvalue weighted by molar-refractivity contribution is 0.415. The molecule has 1 N–H and O–H groups in total. The van der Waals surface area contributed by atoms with E-state index in [0.29, 0.717) is 6.04 Å². The second-order valence-corrected chi connectivity index (χ2v) is 4.63. The van der Waals surface area contributed by atoms with Crippen LogP contribution in [0.3, 0.4) is 0 Å². The number of benzene rings is 2. The third-order valence-electron chi connectivity index (χ3n) is 3.32. The summed E-state index contributed by atoms with van der Waals surface area (Å²) in [5.41, 5.74) is 3.71. The van der Waals surface area contributed by atoms with E-state index in [0.717, 1.165) is 12.3 Å². The molecule has 2 nitrogen and oxygen atoms in total. The molecular weight excluding hydrogens is 234 g/mol. The highest BCUT2D eigenvalue weighted by atomic mass is 16.5. The van der Waals surface area contributed by atoms with Crippen LogP contribution in [0.5, 0.6) is 5.75 Å². The average Bonchev–Trinajstić information content (AvgIpc) is 2.48. The van der Waals surface area contributed by atoms with Crippen molar-refractivity contribution in [2.75, 3.05) is 13.7 Å². The number of rotatable bonds is 5. The minimum Gasteiger partial charge on any atom is -0.497 e. The number of methoxy groups -OCH3 is 1. The summed E-state index contributed by atoms with van der Waals surface area (Å²) >= 11 is 0. The van der Waals surface area contributed by atoms with Crippen LogP contribution in [0, 0.1) is 0 Å². The molecule has 0 aliphatic carbocycles. The van der Waals surface area contributed by atoms with Crippen LogP contribution in [0.1, 0.15) is 25.5 Å². The molecule has 0 unspecified atom stereocenters. The third kappa shape index (κ3) is 3.36. The van der Waals surface area contributed by atoms with Crippen LogP contribution in [-0.4, -0.2) is 13.7 Å². The van der Waals surface area contributed by atoms with Gasteiger partial charge in [-0.3, -0.25) is 0 Å². The SMILES string of the molecule is CCN[C@@H](C)c1ccc(-c2cccc(OC)c2)cc1. The molecule has 2 rings (SSSR count). The van der Waals surface area contributed by atoms with Crippen molar-refractivity contribution in [1.29, 1.82) is 0 Å². The van der Waals surface area contributed by atoms with Crippen molar-refractivity contribution in [3.05, 3.63) is 54.1 Å². The first-order valence-electron chi connectivity index (χ1n) is 6.72. The Morgan fingerprint density at radius 2 is 1.79 bits per heavy atom. The molecule has 2 aromatic rings. The van der Waals surface area contributed by atoms with E-state index >= 15 is 0 Å². The predicted octanol–water partition coefficient (Wildman–Crippen LogP) is 4.03. The van der Waals surface area contributed by atoms with Crippen LogP contribution in [0.15, 0.2) is 48.5 Å². The fourth-order valence-electron chi connectivity index (χ4n) is 2.19. The molecule has 2 aromatic carbocycles. The Balaban J connectivity index is 2.22. The van der Waals surface area contributed by atoms with Gasteiger partial charge in [0.25, 0.3) is 0 Å². The van der Waals surface area contributed by atoms with Crippen LogP contribution in [0.25, 0.3) is 11.1 Å².